The summed E-state index contributed by atoms with van der Waals surface area (Å²) >= 11 is 0. The van der Waals surface area contributed by atoms with Crippen molar-refractivity contribution in [2.45, 2.75) is 31.8 Å². The molecule has 2 aliphatic heterocycles. The molecule has 2 N–H and O–H groups in total. The van der Waals surface area contributed by atoms with Crippen molar-refractivity contribution in [1.29, 1.82) is 0 Å². The number of H-pyrrole nitrogens is 1. The zero-order valence-corrected chi connectivity index (χ0v) is 16.8. The number of carbonyl (C=O) groups excluding carboxylic acids is 1. The maximum Gasteiger partial charge on any atom is 0.224 e. The zero-order valence-electron chi connectivity index (χ0n) is 16.8. The van der Waals surface area contributed by atoms with Crippen LogP contribution < -0.4 is 5.32 Å². The molecule has 1 aromatic carbocycles. The quantitative estimate of drug-likeness (QED) is 0.740. The Labute approximate surface area is 171 Å². The molecule has 0 bridgehead atoms. The number of hydrogen-bond donors (Lipinski definition) is 2. The Kier molecular flexibility index (Phi) is 6.92. The van der Waals surface area contributed by atoms with Crippen LogP contribution in [0.25, 0.3) is 0 Å². The lowest BCUT2D eigenvalue weighted by molar-refractivity contribution is -0.120. The van der Waals surface area contributed by atoms with E-state index in [4.69, 9.17) is 9.47 Å². The molecule has 0 saturated carbocycles. The lowest BCUT2D eigenvalue weighted by Gasteiger charge is -2.25. The molecule has 2 fully saturated rings. The molecule has 0 radical (unpaired) electrons. The molecule has 7 nitrogen and oxygen atoms in total. The second-order valence-corrected chi connectivity index (χ2v) is 8.01. The fourth-order valence-electron chi connectivity index (χ4n) is 4.13. The molecule has 0 aliphatic carbocycles. The third-order valence-electron chi connectivity index (χ3n) is 5.77. The van der Waals surface area contributed by atoms with Crippen LogP contribution in [0, 0.1) is 5.92 Å². The number of ether oxygens (including phenoxy) is 2. The predicted octanol–water partition coefficient (Wildman–Crippen LogP) is 1.55. The molecule has 29 heavy (non-hydrogen) atoms. The first kappa shape index (κ1) is 20.1. The van der Waals surface area contributed by atoms with E-state index in [1.807, 2.05) is 6.07 Å². The second kappa shape index (κ2) is 10.0. The van der Waals surface area contributed by atoms with Crippen molar-refractivity contribution in [3.05, 3.63) is 53.3 Å². The van der Waals surface area contributed by atoms with E-state index < -0.39 is 0 Å². The first-order chi connectivity index (χ1) is 14.3. The standard InChI is InChI=1S/C22H30N4O3/c27-22(23-13-20-5-7-24-25-20)12-18-3-1-17(2-4-18)11-19-6-8-26(14-19)21-15-28-9-10-29-16-21/h1-5,7,19,21H,6,8-16H2,(H,23,27)(H,24,25). The molecule has 2 aromatic rings. The van der Waals surface area contributed by atoms with Crippen molar-refractivity contribution >= 4 is 5.91 Å². The van der Waals surface area contributed by atoms with Crippen LogP contribution in [0.1, 0.15) is 23.2 Å². The van der Waals surface area contributed by atoms with Crippen molar-refractivity contribution in [1.82, 2.24) is 20.4 Å². The predicted molar refractivity (Wildman–Crippen MR) is 109 cm³/mol. The Morgan fingerprint density at radius 2 is 1.90 bits per heavy atom. The van der Waals surface area contributed by atoms with Crippen LogP contribution in [-0.4, -0.2) is 66.6 Å². The van der Waals surface area contributed by atoms with E-state index in [1.54, 1.807) is 6.20 Å². The van der Waals surface area contributed by atoms with Gasteiger partial charge in [-0.3, -0.25) is 14.8 Å². The highest BCUT2D eigenvalue weighted by atomic mass is 16.5. The average Bonchev–Trinajstić information content (AvgIpc) is 3.34. The minimum absolute atomic E-state index is 0.0200. The molecule has 2 aliphatic rings. The zero-order chi connectivity index (χ0) is 19.9. The molecule has 1 unspecified atom stereocenters. The van der Waals surface area contributed by atoms with Gasteiger partial charge in [0.1, 0.15) is 0 Å². The van der Waals surface area contributed by atoms with Gasteiger partial charge in [0.25, 0.3) is 0 Å². The van der Waals surface area contributed by atoms with Crippen LogP contribution in [0.4, 0.5) is 0 Å². The van der Waals surface area contributed by atoms with Crippen molar-refractivity contribution in [3.8, 4) is 0 Å². The molecule has 156 valence electrons. The summed E-state index contributed by atoms with van der Waals surface area (Å²) in [6.45, 7) is 5.69. The lowest BCUT2D eigenvalue weighted by atomic mass is 9.97. The molecule has 4 rings (SSSR count). The van der Waals surface area contributed by atoms with Crippen LogP contribution >= 0.6 is 0 Å². The summed E-state index contributed by atoms with van der Waals surface area (Å²) in [5, 5.41) is 9.63. The Morgan fingerprint density at radius 3 is 2.62 bits per heavy atom. The average molecular weight is 399 g/mol. The minimum atomic E-state index is 0.0200. The fourth-order valence-corrected chi connectivity index (χ4v) is 4.13. The van der Waals surface area contributed by atoms with E-state index in [1.165, 1.54) is 12.0 Å². The van der Waals surface area contributed by atoms with Gasteiger partial charge in [0.15, 0.2) is 0 Å². The maximum atomic E-state index is 12.1. The maximum absolute atomic E-state index is 12.1. The Bertz CT molecular complexity index is 755. The molecule has 0 spiro atoms. The summed E-state index contributed by atoms with van der Waals surface area (Å²) in [5.74, 6) is 0.688. The number of rotatable bonds is 7. The summed E-state index contributed by atoms with van der Waals surface area (Å²) < 4.78 is 11.3. The van der Waals surface area contributed by atoms with Crippen LogP contribution in [0.15, 0.2) is 36.5 Å². The first-order valence-corrected chi connectivity index (χ1v) is 10.5. The summed E-state index contributed by atoms with van der Waals surface area (Å²) in [6.07, 6.45) is 4.38. The Hall–Kier alpha value is -2.22. The molecule has 2 saturated heterocycles. The number of nitrogens with one attached hydrogen (secondary N) is 2. The van der Waals surface area contributed by atoms with Gasteiger partial charge in [0.05, 0.1) is 51.1 Å². The van der Waals surface area contributed by atoms with E-state index in [0.717, 1.165) is 44.0 Å². The molecular formula is C22H30N4O3. The van der Waals surface area contributed by atoms with E-state index in [9.17, 15) is 4.79 Å². The van der Waals surface area contributed by atoms with Gasteiger partial charge in [-0.2, -0.15) is 5.10 Å². The normalized spacial score (nSPS) is 21.2. The van der Waals surface area contributed by atoms with Crippen molar-refractivity contribution < 1.29 is 14.3 Å². The Morgan fingerprint density at radius 1 is 1.14 bits per heavy atom. The minimum Gasteiger partial charge on any atom is -0.377 e. The topological polar surface area (TPSA) is 79.5 Å². The van der Waals surface area contributed by atoms with Crippen molar-refractivity contribution in [2.75, 3.05) is 39.5 Å². The molecular weight excluding hydrogens is 368 g/mol. The smallest absolute Gasteiger partial charge is 0.224 e. The molecule has 1 amide bonds. The molecule has 1 atom stereocenters. The SMILES string of the molecule is O=C(Cc1ccc(CC2CCN(C3COCCOC3)C2)cc1)NCc1ccn[nH]1. The van der Waals surface area contributed by atoms with Gasteiger partial charge in [-0.25, -0.2) is 0 Å². The van der Waals surface area contributed by atoms with Gasteiger partial charge in [-0.15, -0.1) is 0 Å². The summed E-state index contributed by atoms with van der Waals surface area (Å²) in [5.41, 5.74) is 3.28. The number of aromatic nitrogens is 2. The third kappa shape index (κ3) is 5.88. The number of benzene rings is 1. The van der Waals surface area contributed by atoms with Gasteiger partial charge >= 0.3 is 0 Å². The number of aromatic amines is 1. The van der Waals surface area contributed by atoms with Gasteiger partial charge in [-0.1, -0.05) is 24.3 Å². The van der Waals surface area contributed by atoms with E-state index in [0.29, 0.717) is 38.1 Å². The lowest BCUT2D eigenvalue weighted by Crippen LogP contribution is -2.39. The van der Waals surface area contributed by atoms with E-state index >= 15 is 0 Å². The molecule has 7 heteroatoms. The number of nitrogens with zero attached hydrogens (tertiary/aromatic N) is 2. The van der Waals surface area contributed by atoms with Gasteiger partial charge in [0, 0.05) is 12.7 Å². The van der Waals surface area contributed by atoms with Crippen LogP contribution in [0.5, 0.6) is 0 Å². The highest BCUT2D eigenvalue weighted by Gasteiger charge is 2.29. The number of carbonyl (C=O) groups is 1. The van der Waals surface area contributed by atoms with Crippen LogP contribution in [0.2, 0.25) is 0 Å². The monoisotopic (exact) mass is 398 g/mol. The van der Waals surface area contributed by atoms with Crippen LogP contribution in [0.3, 0.4) is 0 Å². The van der Waals surface area contributed by atoms with E-state index in [-0.39, 0.29) is 5.91 Å². The van der Waals surface area contributed by atoms with Gasteiger partial charge < -0.3 is 14.8 Å². The first-order valence-electron chi connectivity index (χ1n) is 10.5. The third-order valence-corrected chi connectivity index (χ3v) is 5.77. The van der Waals surface area contributed by atoms with Gasteiger partial charge in [0.2, 0.25) is 5.91 Å². The van der Waals surface area contributed by atoms with Gasteiger partial charge in [-0.05, 0) is 42.5 Å². The highest BCUT2D eigenvalue weighted by molar-refractivity contribution is 5.78. The number of hydrogen-bond acceptors (Lipinski definition) is 5. The Balaban J connectivity index is 1.21. The molecule has 3 heterocycles. The van der Waals surface area contributed by atoms with Crippen LogP contribution in [-0.2, 0) is 33.7 Å². The van der Waals surface area contributed by atoms with Crippen molar-refractivity contribution in [3.63, 3.8) is 0 Å². The second-order valence-electron chi connectivity index (χ2n) is 8.01. The molecule has 1 aromatic heterocycles. The van der Waals surface area contributed by atoms with Crippen molar-refractivity contribution in [2.24, 2.45) is 5.92 Å². The summed E-state index contributed by atoms with van der Waals surface area (Å²) in [6, 6.07) is 10.7. The largest absolute Gasteiger partial charge is 0.377 e. The number of likely N-dealkylation sites (tertiary alicyclic amines) is 1. The number of amides is 1. The summed E-state index contributed by atoms with van der Waals surface area (Å²) in [4.78, 5) is 14.6. The fraction of sp³-hybridized carbons (Fsp3) is 0.545. The highest BCUT2D eigenvalue weighted by Crippen LogP contribution is 2.23. The summed E-state index contributed by atoms with van der Waals surface area (Å²) in [7, 11) is 0. The van der Waals surface area contributed by atoms with E-state index in [2.05, 4.69) is 44.7 Å².